The van der Waals surface area contributed by atoms with Crippen LogP contribution in [-0.4, -0.2) is 12.1 Å². The van der Waals surface area contributed by atoms with Gasteiger partial charge in [0.2, 0.25) is 0 Å². The van der Waals surface area contributed by atoms with Gasteiger partial charge in [-0.25, -0.2) is 9.82 Å². The van der Waals surface area contributed by atoms with Gasteiger partial charge in [0.15, 0.2) is 0 Å². The summed E-state index contributed by atoms with van der Waals surface area (Å²) < 4.78 is 13.3. The topological polar surface area (TPSA) is 41.5 Å². The zero-order chi connectivity index (χ0) is 12.8. The number of allylic oxidation sites excluding steroid dienone is 2. The van der Waals surface area contributed by atoms with Crippen molar-refractivity contribution >= 4 is 12.1 Å². The van der Waals surface area contributed by atoms with Gasteiger partial charge in [-0.05, 0) is 37.3 Å². The van der Waals surface area contributed by atoms with E-state index in [0.29, 0.717) is 5.92 Å². The number of hydrogen-bond donors (Lipinski definition) is 1. The molecule has 0 aliphatic heterocycles. The summed E-state index contributed by atoms with van der Waals surface area (Å²) in [5.41, 5.74) is 2.37. The fourth-order valence-corrected chi connectivity index (χ4v) is 1.86. The van der Waals surface area contributed by atoms with E-state index < -0.39 is 11.7 Å². The SMILES string of the molecule is O=C(N/N=C\[C@H]1CC=CCC1)c1ccccc1F. The van der Waals surface area contributed by atoms with E-state index in [-0.39, 0.29) is 5.56 Å². The normalized spacial score (nSPS) is 19.1. The molecular weight excluding hydrogens is 231 g/mol. The Morgan fingerprint density at radius 1 is 1.39 bits per heavy atom. The van der Waals surface area contributed by atoms with E-state index in [1.54, 1.807) is 18.3 Å². The molecule has 1 aromatic rings. The van der Waals surface area contributed by atoms with E-state index in [4.69, 9.17) is 0 Å². The van der Waals surface area contributed by atoms with Crippen molar-refractivity contribution in [2.75, 3.05) is 0 Å². The summed E-state index contributed by atoms with van der Waals surface area (Å²) >= 11 is 0. The standard InChI is InChI=1S/C14H15FN2O/c15-13-9-5-4-8-12(13)14(18)17-16-10-11-6-2-1-3-7-11/h1-2,4-5,8-11H,3,6-7H2,(H,17,18)/b16-10-/t11-/m0/s1. The monoisotopic (exact) mass is 246 g/mol. The van der Waals surface area contributed by atoms with E-state index in [2.05, 4.69) is 22.7 Å². The molecule has 0 fully saturated rings. The number of carbonyl (C=O) groups excluding carboxylic acids is 1. The summed E-state index contributed by atoms with van der Waals surface area (Å²) in [5.74, 6) is -0.697. The Morgan fingerprint density at radius 3 is 2.94 bits per heavy atom. The molecule has 18 heavy (non-hydrogen) atoms. The van der Waals surface area contributed by atoms with Gasteiger partial charge in [0, 0.05) is 6.21 Å². The Balaban J connectivity index is 1.90. The first kappa shape index (κ1) is 12.5. The lowest BCUT2D eigenvalue weighted by Crippen LogP contribution is -2.20. The predicted octanol–water partition coefficient (Wildman–Crippen LogP) is 2.90. The maximum Gasteiger partial charge on any atom is 0.274 e. The molecule has 1 atom stereocenters. The Labute approximate surface area is 105 Å². The van der Waals surface area contributed by atoms with Gasteiger partial charge in [-0.15, -0.1) is 0 Å². The van der Waals surface area contributed by atoms with Crippen molar-refractivity contribution in [3.63, 3.8) is 0 Å². The maximum atomic E-state index is 13.3. The second-order valence-electron chi connectivity index (χ2n) is 4.24. The van der Waals surface area contributed by atoms with Crippen LogP contribution in [0.15, 0.2) is 41.5 Å². The molecule has 0 unspecified atom stereocenters. The van der Waals surface area contributed by atoms with Crippen molar-refractivity contribution in [2.24, 2.45) is 11.0 Å². The smallest absolute Gasteiger partial charge is 0.267 e. The number of benzene rings is 1. The highest BCUT2D eigenvalue weighted by atomic mass is 19.1. The second kappa shape index (κ2) is 6.10. The van der Waals surface area contributed by atoms with Gasteiger partial charge in [0.05, 0.1) is 5.56 Å². The zero-order valence-electron chi connectivity index (χ0n) is 9.97. The van der Waals surface area contributed by atoms with Gasteiger partial charge in [0.1, 0.15) is 5.82 Å². The second-order valence-corrected chi connectivity index (χ2v) is 4.24. The highest BCUT2D eigenvalue weighted by Crippen LogP contribution is 2.15. The first-order valence-corrected chi connectivity index (χ1v) is 6.00. The number of nitrogens with zero attached hydrogens (tertiary/aromatic N) is 1. The molecule has 0 bridgehead atoms. The Morgan fingerprint density at radius 2 is 2.22 bits per heavy atom. The molecule has 0 saturated heterocycles. The van der Waals surface area contributed by atoms with E-state index in [9.17, 15) is 9.18 Å². The van der Waals surface area contributed by atoms with E-state index >= 15 is 0 Å². The highest BCUT2D eigenvalue weighted by Gasteiger charge is 2.10. The molecule has 0 radical (unpaired) electrons. The fourth-order valence-electron chi connectivity index (χ4n) is 1.86. The van der Waals surface area contributed by atoms with Gasteiger partial charge in [-0.1, -0.05) is 24.3 Å². The van der Waals surface area contributed by atoms with Crippen LogP contribution in [0, 0.1) is 11.7 Å². The van der Waals surface area contributed by atoms with Gasteiger partial charge in [-0.3, -0.25) is 4.79 Å². The van der Waals surface area contributed by atoms with E-state index in [0.717, 1.165) is 19.3 Å². The van der Waals surface area contributed by atoms with Crippen LogP contribution in [0.3, 0.4) is 0 Å². The van der Waals surface area contributed by atoms with Gasteiger partial charge in [-0.2, -0.15) is 5.10 Å². The number of rotatable bonds is 3. The molecule has 1 aromatic carbocycles. The molecule has 4 heteroatoms. The number of halogens is 1. The summed E-state index contributed by atoms with van der Waals surface area (Å²) in [6.07, 6.45) is 9.00. The van der Waals surface area contributed by atoms with Crippen LogP contribution in [0.25, 0.3) is 0 Å². The van der Waals surface area contributed by atoms with Crippen LogP contribution in [0.1, 0.15) is 29.6 Å². The van der Waals surface area contributed by atoms with Crippen molar-refractivity contribution < 1.29 is 9.18 Å². The van der Waals surface area contributed by atoms with Crippen LogP contribution < -0.4 is 5.43 Å². The third kappa shape index (κ3) is 3.26. The van der Waals surface area contributed by atoms with Crippen molar-refractivity contribution in [1.82, 2.24) is 5.43 Å². The molecule has 1 aliphatic rings. The van der Waals surface area contributed by atoms with Gasteiger partial charge >= 0.3 is 0 Å². The zero-order valence-corrected chi connectivity index (χ0v) is 9.97. The number of nitrogens with one attached hydrogen (secondary N) is 1. The number of amides is 1. The molecule has 94 valence electrons. The fraction of sp³-hybridized carbons (Fsp3) is 0.286. The summed E-state index contributed by atoms with van der Waals surface area (Å²) in [7, 11) is 0. The molecule has 0 aromatic heterocycles. The Hall–Kier alpha value is -1.97. The van der Waals surface area contributed by atoms with Crippen LogP contribution in [0.5, 0.6) is 0 Å². The van der Waals surface area contributed by atoms with Crippen molar-refractivity contribution in [2.45, 2.75) is 19.3 Å². The van der Waals surface area contributed by atoms with Gasteiger partial charge in [0.25, 0.3) is 5.91 Å². The molecule has 1 N–H and O–H groups in total. The third-order valence-corrected chi connectivity index (χ3v) is 2.88. The van der Waals surface area contributed by atoms with Crippen molar-refractivity contribution in [3.05, 3.63) is 47.8 Å². The molecule has 3 nitrogen and oxygen atoms in total. The quantitative estimate of drug-likeness (QED) is 0.497. The first-order valence-electron chi connectivity index (χ1n) is 6.00. The Bertz CT molecular complexity index is 482. The van der Waals surface area contributed by atoms with Crippen LogP contribution >= 0.6 is 0 Å². The minimum Gasteiger partial charge on any atom is -0.267 e. The Kier molecular flexibility index (Phi) is 4.23. The predicted molar refractivity (Wildman–Crippen MR) is 68.8 cm³/mol. The number of hydrogen-bond acceptors (Lipinski definition) is 2. The number of carbonyl (C=O) groups is 1. The van der Waals surface area contributed by atoms with Crippen LogP contribution in [-0.2, 0) is 0 Å². The molecule has 0 saturated carbocycles. The molecule has 0 spiro atoms. The van der Waals surface area contributed by atoms with E-state index in [1.165, 1.54) is 12.1 Å². The lowest BCUT2D eigenvalue weighted by atomic mass is 9.96. The minimum atomic E-state index is -0.536. The van der Waals surface area contributed by atoms with Crippen molar-refractivity contribution in [1.29, 1.82) is 0 Å². The maximum absolute atomic E-state index is 13.3. The first-order chi connectivity index (χ1) is 8.77. The lowest BCUT2D eigenvalue weighted by molar-refractivity contribution is 0.0951. The largest absolute Gasteiger partial charge is 0.274 e. The van der Waals surface area contributed by atoms with E-state index in [1.807, 2.05) is 0 Å². The van der Waals surface area contributed by atoms with Crippen LogP contribution in [0.2, 0.25) is 0 Å². The summed E-state index contributed by atoms with van der Waals surface area (Å²) in [4.78, 5) is 11.6. The summed E-state index contributed by atoms with van der Waals surface area (Å²) in [6, 6.07) is 5.85. The molecule has 0 heterocycles. The lowest BCUT2D eigenvalue weighted by Gasteiger charge is -2.11. The van der Waals surface area contributed by atoms with Crippen LogP contribution in [0.4, 0.5) is 4.39 Å². The third-order valence-electron chi connectivity index (χ3n) is 2.88. The van der Waals surface area contributed by atoms with Gasteiger partial charge < -0.3 is 0 Å². The molecule has 2 rings (SSSR count). The number of hydrazone groups is 1. The summed E-state index contributed by atoms with van der Waals surface area (Å²) in [6.45, 7) is 0. The highest BCUT2D eigenvalue weighted by molar-refractivity contribution is 5.94. The molecule has 1 amide bonds. The average molecular weight is 246 g/mol. The minimum absolute atomic E-state index is 0.0122. The summed E-state index contributed by atoms with van der Waals surface area (Å²) in [5, 5.41) is 3.89. The average Bonchev–Trinajstić information content (AvgIpc) is 2.40. The molecular formula is C14H15FN2O. The molecule has 1 aliphatic carbocycles. The van der Waals surface area contributed by atoms with Crippen molar-refractivity contribution in [3.8, 4) is 0 Å².